The van der Waals surface area contributed by atoms with E-state index in [1.165, 1.54) is 5.56 Å². The Hall–Kier alpha value is -2.24. The van der Waals surface area contributed by atoms with Crippen LogP contribution in [-0.4, -0.2) is 48.7 Å². The van der Waals surface area contributed by atoms with Gasteiger partial charge in [0.1, 0.15) is 5.75 Å². The molecule has 26 heavy (non-hydrogen) atoms. The molecular formula is C20H30N2O4. The van der Waals surface area contributed by atoms with Gasteiger partial charge in [-0.25, -0.2) is 4.79 Å². The predicted molar refractivity (Wildman–Crippen MR) is 100 cm³/mol. The molecule has 1 fully saturated rings. The first-order chi connectivity index (χ1) is 12.4. The molecule has 0 radical (unpaired) electrons. The molecule has 1 aromatic rings. The minimum atomic E-state index is -0.533. The van der Waals surface area contributed by atoms with Crippen molar-refractivity contribution >= 4 is 12.0 Å². The number of piperidine rings is 1. The monoisotopic (exact) mass is 362 g/mol. The zero-order valence-corrected chi connectivity index (χ0v) is 16.2. The van der Waals surface area contributed by atoms with E-state index >= 15 is 0 Å². The van der Waals surface area contributed by atoms with Crippen molar-refractivity contribution in [1.82, 2.24) is 10.2 Å². The van der Waals surface area contributed by atoms with Crippen LogP contribution in [0.4, 0.5) is 4.79 Å². The molecule has 1 unspecified atom stereocenters. The molecule has 1 aliphatic heterocycles. The Kier molecular flexibility index (Phi) is 7.30. The topological polar surface area (TPSA) is 67.9 Å². The van der Waals surface area contributed by atoms with Crippen LogP contribution in [-0.2, 0) is 9.53 Å². The van der Waals surface area contributed by atoms with Crippen molar-refractivity contribution in [2.45, 2.75) is 58.6 Å². The lowest BCUT2D eigenvalue weighted by Gasteiger charge is -2.33. The maximum atomic E-state index is 12.6. The summed E-state index contributed by atoms with van der Waals surface area (Å²) in [4.78, 5) is 25.9. The van der Waals surface area contributed by atoms with Crippen LogP contribution in [0.15, 0.2) is 24.3 Å². The molecule has 6 heteroatoms. The van der Waals surface area contributed by atoms with Crippen molar-refractivity contribution in [3.05, 3.63) is 29.8 Å². The molecule has 0 aromatic heterocycles. The summed E-state index contributed by atoms with van der Waals surface area (Å²) in [5.74, 6) is 1.15. The largest absolute Gasteiger partial charge is 0.481 e. The smallest absolute Gasteiger partial charge is 0.407 e. The standard InChI is InChI=1S/C20H30N2O4/c1-5-25-20(24)21-17-10-12-22(13-11-17)19(23)15(4)26-18-8-6-16(7-9-18)14(2)3/h6-9,14-15,17H,5,10-13H2,1-4H3,(H,21,24). The number of ether oxygens (including phenoxy) is 2. The SMILES string of the molecule is CCOC(=O)NC1CCN(C(=O)C(C)Oc2ccc(C(C)C)cc2)CC1. The summed E-state index contributed by atoms with van der Waals surface area (Å²) in [6.45, 7) is 9.41. The molecule has 1 atom stereocenters. The van der Waals surface area contributed by atoms with Crippen molar-refractivity contribution < 1.29 is 19.1 Å². The van der Waals surface area contributed by atoms with Crippen molar-refractivity contribution in [3.63, 3.8) is 0 Å². The Balaban J connectivity index is 1.80. The van der Waals surface area contributed by atoms with E-state index in [0.717, 1.165) is 12.8 Å². The number of hydrogen-bond donors (Lipinski definition) is 1. The number of hydrogen-bond acceptors (Lipinski definition) is 4. The Bertz CT molecular complexity index is 592. The fourth-order valence-corrected chi connectivity index (χ4v) is 3.03. The molecule has 1 aromatic carbocycles. The number of rotatable bonds is 6. The number of nitrogens with one attached hydrogen (secondary N) is 1. The molecule has 0 bridgehead atoms. The number of nitrogens with zero attached hydrogens (tertiary/aromatic N) is 1. The first-order valence-corrected chi connectivity index (χ1v) is 9.39. The summed E-state index contributed by atoms with van der Waals surface area (Å²) in [7, 11) is 0. The molecule has 1 N–H and O–H groups in total. The van der Waals surface area contributed by atoms with Gasteiger partial charge in [-0.3, -0.25) is 4.79 Å². The Morgan fingerprint density at radius 3 is 2.31 bits per heavy atom. The van der Waals surface area contributed by atoms with Crippen LogP contribution in [0.25, 0.3) is 0 Å². The quantitative estimate of drug-likeness (QED) is 0.843. The van der Waals surface area contributed by atoms with Crippen LogP contribution in [0.3, 0.4) is 0 Å². The van der Waals surface area contributed by atoms with Gasteiger partial charge in [0.25, 0.3) is 5.91 Å². The molecule has 2 amide bonds. The molecule has 2 rings (SSSR count). The second kappa shape index (κ2) is 9.46. The summed E-state index contributed by atoms with van der Waals surface area (Å²) in [6.07, 6.45) is 0.522. The molecule has 0 aliphatic carbocycles. The van der Waals surface area contributed by atoms with E-state index in [9.17, 15) is 9.59 Å². The van der Waals surface area contributed by atoms with Crippen LogP contribution in [0, 0.1) is 0 Å². The van der Waals surface area contributed by atoms with Gasteiger partial charge in [-0.15, -0.1) is 0 Å². The maximum Gasteiger partial charge on any atom is 0.407 e. The zero-order valence-electron chi connectivity index (χ0n) is 16.2. The average Bonchev–Trinajstić information content (AvgIpc) is 2.62. The van der Waals surface area contributed by atoms with E-state index in [2.05, 4.69) is 19.2 Å². The molecular weight excluding hydrogens is 332 g/mol. The van der Waals surface area contributed by atoms with Gasteiger partial charge in [0.15, 0.2) is 6.10 Å². The fraction of sp³-hybridized carbons (Fsp3) is 0.600. The van der Waals surface area contributed by atoms with Crippen LogP contribution in [0.1, 0.15) is 52.0 Å². The molecule has 1 aliphatic rings. The highest BCUT2D eigenvalue weighted by Gasteiger charge is 2.27. The molecule has 1 saturated heterocycles. The highest BCUT2D eigenvalue weighted by atomic mass is 16.5. The lowest BCUT2D eigenvalue weighted by Crippen LogP contribution is -2.49. The third-order valence-electron chi connectivity index (χ3n) is 4.61. The lowest BCUT2D eigenvalue weighted by molar-refractivity contribution is -0.139. The number of carbonyl (C=O) groups excluding carboxylic acids is 2. The second-order valence-corrected chi connectivity index (χ2v) is 6.95. The Morgan fingerprint density at radius 2 is 1.77 bits per heavy atom. The minimum Gasteiger partial charge on any atom is -0.481 e. The predicted octanol–water partition coefficient (Wildman–Crippen LogP) is 3.31. The van der Waals surface area contributed by atoms with E-state index in [1.807, 2.05) is 24.3 Å². The fourth-order valence-electron chi connectivity index (χ4n) is 3.03. The Labute approximate surface area is 155 Å². The van der Waals surface area contributed by atoms with E-state index in [4.69, 9.17) is 9.47 Å². The summed E-state index contributed by atoms with van der Waals surface area (Å²) in [6, 6.07) is 7.94. The summed E-state index contributed by atoms with van der Waals surface area (Å²) >= 11 is 0. The highest BCUT2D eigenvalue weighted by molar-refractivity contribution is 5.81. The van der Waals surface area contributed by atoms with Gasteiger partial charge in [0.05, 0.1) is 6.61 Å². The normalized spacial score (nSPS) is 16.3. The molecule has 0 saturated carbocycles. The van der Waals surface area contributed by atoms with Gasteiger partial charge in [0, 0.05) is 19.1 Å². The number of likely N-dealkylation sites (tertiary alicyclic amines) is 1. The molecule has 1 heterocycles. The molecule has 6 nitrogen and oxygen atoms in total. The number of amides is 2. The van der Waals surface area contributed by atoms with Gasteiger partial charge in [-0.05, 0) is 50.3 Å². The summed E-state index contributed by atoms with van der Waals surface area (Å²) in [5.41, 5.74) is 1.24. The van der Waals surface area contributed by atoms with E-state index in [-0.39, 0.29) is 18.0 Å². The van der Waals surface area contributed by atoms with Gasteiger partial charge >= 0.3 is 6.09 Å². The number of carbonyl (C=O) groups is 2. The van der Waals surface area contributed by atoms with Crippen molar-refractivity contribution in [1.29, 1.82) is 0 Å². The molecule has 144 valence electrons. The summed E-state index contributed by atoms with van der Waals surface area (Å²) in [5, 5.41) is 2.83. The van der Waals surface area contributed by atoms with Gasteiger partial charge in [-0.1, -0.05) is 26.0 Å². The van der Waals surface area contributed by atoms with Crippen LogP contribution < -0.4 is 10.1 Å². The highest BCUT2D eigenvalue weighted by Crippen LogP contribution is 2.20. The summed E-state index contributed by atoms with van der Waals surface area (Å²) < 4.78 is 10.7. The van der Waals surface area contributed by atoms with Crippen molar-refractivity contribution in [2.24, 2.45) is 0 Å². The Morgan fingerprint density at radius 1 is 1.15 bits per heavy atom. The first kappa shape index (κ1) is 20.1. The maximum absolute atomic E-state index is 12.6. The van der Waals surface area contributed by atoms with Crippen molar-refractivity contribution in [2.75, 3.05) is 19.7 Å². The first-order valence-electron chi connectivity index (χ1n) is 9.39. The van der Waals surface area contributed by atoms with Gasteiger partial charge < -0.3 is 19.7 Å². The number of benzene rings is 1. The van der Waals surface area contributed by atoms with Gasteiger partial charge in [0.2, 0.25) is 0 Å². The minimum absolute atomic E-state index is 0.0208. The number of alkyl carbamates (subject to hydrolysis) is 1. The average molecular weight is 362 g/mol. The van der Waals surface area contributed by atoms with E-state index in [0.29, 0.717) is 31.4 Å². The lowest BCUT2D eigenvalue weighted by atomic mass is 10.0. The third kappa shape index (κ3) is 5.64. The van der Waals surface area contributed by atoms with Gasteiger partial charge in [-0.2, -0.15) is 0 Å². The molecule has 0 spiro atoms. The van der Waals surface area contributed by atoms with Crippen LogP contribution in [0.5, 0.6) is 5.75 Å². The second-order valence-electron chi connectivity index (χ2n) is 6.95. The van der Waals surface area contributed by atoms with E-state index < -0.39 is 6.10 Å². The van der Waals surface area contributed by atoms with Crippen LogP contribution >= 0.6 is 0 Å². The van der Waals surface area contributed by atoms with E-state index in [1.54, 1.807) is 18.7 Å². The third-order valence-corrected chi connectivity index (χ3v) is 4.61. The van der Waals surface area contributed by atoms with Crippen LogP contribution in [0.2, 0.25) is 0 Å². The zero-order chi connectivity index (χ0) is 19.1. The van der Waals surface area contributed by atoms with Crippen molar-refractivity contribution in [3.8, 4) is 5.75 Å².